The molecule has 76 valence electrons. The maximum absolute atomic E-state index is 5.91. The highest BCUT2D eigenvalue weighted by Gasteiger charge is 2.29. The Labute approximate surface area is 89.2 Å². The lowest BCUT2D eigenvalue weighted by Crippen LogP contribution is -2.42. The third kappa shape index (κ3) is 1.67. The molecule has 1 aromatic carbocycles. The zero-order chi connectivity index (χ0) is 10.2. The fourth-order valence-corrected chi connectivity index (χ4v) is 1.67. The number of nitrogens with one attached hydrogen (secondary N) is 1. The minimum atomic E-state index is -0.113. The monoisotopic (exact) mass is 211 g/mol. The van der Waals surface area contributed by atoms with Gasteiger partial charge in [-0.1, -0.05) is 18.5 Å². The molecule has 1 N–H and O–H groups in total. The van der Waals surface area contributed by atoms with E-state index in [1.54, 1.807) is 0 Å². The molecule has 0 saturated heterocycles. The summed E-state index contributed by atoms with van der Waals surface area (Å²) in [4.78, 5) is 0. The molecular formula is C11H14ClNO. The summed E-state index contributed by atoms with van der Waals surface area (Å²) in [5, 5.41) is 4.06. The number of ether oxygens (including phenoxy) is 1. The van der Waals surface area contributed by atoms with Gasteiger partial charge in [0, 0.05) is 11.1 Å². The average molecular weight is 212 g/mol. The van der Waals surface area contributed by atoms with Crippen LogP contribution in [-0.2, 0) is 0 Å². The summed E-state index contributed by atoms with van der Waals surface area (Å²) in [7, 11) is 0. The zero-order valence-corrected chi connectivity index (χ0v) is 9.19. The molecule has 1 atom stereocenters. The summed E-state index contributed by atoms with van der Waals surface area (Å²) in [5.41, 5.74) is 0.915. The predicted octanol–water partition coefficient (Wildman–Crippen LogP) is 3.31. The van der Waals surface area contributed by atoms with Gasteiger partial charge in [0.25, 0.3) is 0 Å². The van der Waals surface area contributed by atoms with Gasteiger partial charge in [0.15, 0.2) is 0 Å². The van der Waals surface area contributed by atoms with E-state index in [0.717, 1.165) is 24.4 Å². The van der Waals surface area contributed by atoms with E-state index in [2.05, 4.69) is 19.2 Å². The molecule has 0 saturated carbocycles. The molecule has 0 amide bonds. The normalized spacial score (nSPS) is 24.8. The smallest absolute Gasteiger partial charge is 0.144 e. The predicted molar refractivity (Wildman–Crippen MR) is 59.3 cm³/mol. The molecule has 0 aliphatic carbocycles. The van der Waals surface area contributed by atoms with E-state index >= 15 is 0 Å². The van der Waals surface area contributed by atoms with Crippen LogP contribution in [0.5, 0.6) is 5.75 Å². The second-order valence-corrected chi connectivity index (χ2v) is 4.34. The largest absolute Gasteiger partial charge is 0.484 e. The first-order valence-electron chi connectivity index (χ1n) is 4.85. The van der Waals surface area contributed by atoms with Gasteiger partial charge < -0.3 is 10.1 Å². The third-order valence-corrected chi connectivity index (χ3v) is 2.94. The van der Waals surface area contributed by atoms with E-state index in [1.165, 1.54) is 0 Å². The van der Waals surface area contributed by atoms with Crippen LogP contribution in [0.4, 0.5) is 5.69 Å². The number of anilines is 1. The van der Waals surface area contributed by atoms with Crippen molar-refractivity contribution in [2.75, 3.05) is 11.9 Å². The molecule has 2 nitrogen and oxygen atoms in total. The van der Waals surface area contributed by atoms with E-state index in [9.17, 15) is 0 Å². The topological polar surface area (TPSA) is 21.3 Å². The van der Waals surface area contributed by atoms with Gasteiger partial charge in [-0.05, 0) is 25.5 Å². The summed E-state index contributed by atoms with van der Waals surface area (Å²) >= 11 is 5.91. The van der Waals surface area contributed by atoms with Crippen molar-refractivity contribution in [2.45, 2.75) is 25.9 Å². The van der Waals surface area contributed by atoms with Crippen molar-refractivity contribution in [2.24, 2.45) is 0 Å². The van der Waals surface area contributed by atoms with Gasteiger partial charge in [-0.2, -0.15) is 0 Å². The first-order valence-corrected chi connectivity index (χ1v) is 5.23. The van der Waals surface area contributed by atoms with Crippen LogP contribution in [0, 0.1) is 0 Å². The molecule has 1 aliphatic heterocycles. The van der Waals surface area contributed by atoms with Gasteiger partial charge in [-0.3, -0.25) is 0 Å². The zero-order valence-electron chi connectivity index (χ0n) is 8.43. The number of rotatable bonds is 1. The molecular weight excluding hydrogens is 198 g/mol. The Kier molecular flexibility index (Phi) is 2.31. The quantitative estimate of drug-likeness (QED) is 0.770. The summed E-state index contributed by atoms with van der Waals surface area (Å²) in [5.74, 6) is 0.855. The van der Waals surface area contributed by atoms with E-state index in [1.807, 2.05) is 18.2 Å². The highest BCUT2D eigenvalue weighted by Crippen LogP contribution is 2.35. The van der Waals surface area contributed by atoms with Gasteiger partial charge in [0.1, 0.15) is 11.4 Å². The van der Waals surface area contributed by atoms with Gasteiger partial charge in [-0.25, -0.2) is 0 Å². The Bertz CT molecular complexity index is 353. The molecule has 0 bridgehead atoms. The number of hydrogen-bond donors (Lipinski definition) is 1. The van der Waals surface area contributed by atoms with Gasteiger partial charge in [0.2, 0.25) is 0 Å². The highest BCUT2D eigenvalue weighted by molar-refractivity contribution is 6.30. The Balaban J connectivity index is 2.33. The number of hydrogen-bond acceptors (Lipinski definition) is 2. The molecule has 0 aromatic heterocycles. The van der Waals surface area contributed by atoms with E-state index in [4.69, 9.17) is 16.3 Å². The summed E-state index contributed by atoms with van der Waals surface area (Å²) in [6.07, 6.45) is 0.978. The molecule has 1 aliphatic rings. The number of benzene rings is 1. The summed E-state index contributed by atoms with van der Waals surface area (Å²) in [6, 6.07) is 5.68. The maximum atomic E-state index is 5.91. The molecule has 0 fully saturated rings. The van der Waals surface area contributed by atoms with Crippen molar-refractivity contribution in [3.05, 3.63) is 23.2 Å². The highest BCUT2D eigenvalue weighted by atomic mass is 35.5. The Morgan fingerprint density at radius 1 is 1.57 bits per heavy atom. The van der Waals surface area contributed by atoms with E-state index in [0.29, 0.717) is 5.02 Å². The van der Waals surface area contributed by atoms with Gasteiger partial charge in [-0.15, -0.1) is 0 Å². The molecule has 3 heteroatoms. The minimum absolute atomic E-state index is 0.113. The number of fused-ring (bicyclic) bond motifs is 1. The molecule has 1 aromatic rings. The lowest BCUT2D eigenvalue weighted by molar-refractivity contribution is 0.0912. The van der Waals surface area contributed by atoms with Crippen molar-refractivity contribution >= 4 is 17.3 Å². The third-order valence-electron chi connectivity index (χ3n) is 2.70. The van der Waals surface area contributed by atoms with Crippen LogP contribution in [0.1, 0.15) is 20.3 Å². The Morgan fingerprint density at radius 3 is 3.07 bits per heavy atom. The molecule has 1 unspecified atom stereocenters. The minimum Gasteiger partial charge on any atom is -0.484 e. The average Bonchev–Trinajstić information content (AvgIpc) is 2.17. The van der Waals surface area contributed by atoms with Crippen molar-refractivity contribution < 1.29 is 4.74 Å². The summed E-state index contributed by atoms with van der Waals surface area (Å²) < 4.78 is 5.90. The Hall–Kier alpha value is -0.890. The van der Waals surface area contributed by atoms with Crippen molar-refractivity contribution in [3.63, 3.8) is 0 Å². The second-order valence-electron chi connectivity index (χ2n) is 3.90. The van der Waals surface area contributed by atoms with Crippen molar-refractivity contribution in [1.29, 1.82) is 0 Å². The van der Waals surface area contributed by atoms with E-state index in [-0.39, 0.29) is 5.60 Å². The molecule has 14 heavy (non-hydrogen) atoms. The van der Waals surface area contributed by atoms with Crippen LogP contribution in [0.25, 0.3) is 0 Å². The van der Waals surface area contributed by atoms with Crippen molar-refractivity contribution in [3.8, 4) is 5.75 Å². The van der Waals surface area contributed by atoms with Crippen LogP contribution >= 0.6 is 11.6 Å². The fourth-order valence-electron chi connectivity index (χ4n) is 1.51. The molecule has 0 radical (unpaired) electrons. The second kappa shape index (κ2) is 3.35. The van der Waals surface area contributed by atoms with Crippen LogP contribution in [0.2, 0.25) is 5.02 Å². The summed E-state index contributed by atoms with van der Waals surface area (Å²) in [6.45, 7) is 5.07. The fraction of sp³-hybridized carbons (Fsp3) is 0.455. The standard InChI is InChI=1S/C11H14ClNO/c1-3-11(2)7-13-9-5-4-8(12)6-10(9)14-11/h4-6,13H,3,7H2,1-2H3. The lowest BCUT2D eigenvalue weighted by atomic mass is 10.0. The Morgan fingerprint density at radius 2 is 2.36 bits per heavy atom. The van der Waals surface area contributed by atoms with Gasteiger partial charge in [0.05, 0.1) is 12.2 Å². The van der Waals surface area contributed by atoms with Crippen LogP contribution in [-0.4, -0.2) is 12.1 Å². The number of halogens is 1. The van der Waals surface area contributed by atoms with Gasteiger partial charge >= 0.3 is 0 Å². The molecule has 1 heterocycles. The first kappa shape index (κ1) is 9.66. The first-order chi connectivity index (χ1) is 6.63. The van der Waals surface area contributed by atoms with Crippen LogP contribution in [0.15, 0.2) is 18.2 Å². The molecule has 2 rings (SSSR count). The molecule has 0 spiro atoms. The lowest BCUT2D eigenvalue weighted by Gasteiger charge is -2.35. The van der Waals surface area contributed by atoms with Crippen LogP contribution < -0.4 is 10.1 Å². The van der Waals surface area contributed by atoms with Crippen molar-refractivity contribution in [1.82, 2.24) is 0 Å². The SMILES string of the molecule is CCC1(C)CNc2ccc(Cl)cc2O1. The maximum Gasteiger partial charge on any atom is 0.144 e. The van der Waals surface area contributed by atoms with Crippen LogP contribution in [0.3, 0.4) is 0 Å². The van der Waals surface area contributed by atoms with E-state index < -0.39 is 0 Å².